The Morgan fingerprint density at radius 3 is 2.50 bits per heavy atom. The number of hydrazine groups is 1. The zero-order valence-corrected chi connectivity index (χ0v) is 13.3. The number of hydrogen-bond acceptors (Lipinski definition) is 3. The molecule has 0 spiro atoms. The highest BCUT2D eigenvalue weighted by Gasteiger charge is 2.37. The van der Waals surface area contributed by atoms with E-state index in [1.165, 1.54) is 17.5 Å². The van der Waals surface area contributed by atoms with Crippen LogP contribution >= 0.6 is 0 Å². The first-order valence-corrected chi connectivity index (χ1v) is 7.83. The highest BCUT2D eigenvalue weighted by molar-refractivity contribution is 5.40. The molecule has 0 saturated carbocycles. The van der Waals surface area contributed by atoms with Crippen LogP contribution in [0.3, 0.4) is 0 Å². The van der Waals surface area contributed by atoms with E-state index in [4.69, 9.17) is 5.84 Å². The van der Waals surface area contributed by atoms with Crippen molar-refractivity contribution < 1.29 is 0 Å². The van der Waals surface area contributed by atoms with Crippen LogP contribution in [0.1, 0.15) is 51.2 Å². The van der Waals surface area contributed by atoms with Gasteiger partial charge in [0.1, 0.15) is 0 Å². The molecule has 1 aromatic rings. The SMILES string of the molecule is CCN(CC)C(C)(C)C(CC1Cc2ccccc21)NN. The molecule has 3 heteroatoms. The smallest absolute Gasteiger partial charge is 0.0395 e. The molecule has 0 heterocycles. The van der Waals surface area contributed by atoms with Crippen molar-refractivity contribution >= 4 is 0 Å². The molecule has 2 atom stereocenters. The normalized spacial score (nSPS) is 19.6. The molecular weight excluding hydrogens is 246 g/mol. The number of nitrogens with two attached hydrogens (primary N) is 1. The fourth-order valence-corrected chi connectivity index (χ4v) is 3.68. The van der Waals surface area contributed by atoms with Crippen molar-refractivity contribution in [1.82, 2.24) is 10.3 Å². The first-order chi connectivity index (χ1) is 9.54. The van der Waals surface area contributed by atoms with Crippen LogP contribution < -0.4 is 11.3 Å². The summed E-state index contributed by atoms with van der Waals surface area (Å²) in [4.78, 5) is 2.49. The molecule has 1 aliphatic rings. The van der Waals surface area contributed by atoms with Crippen LogP contribution in [0.4, 0.5) is 0 Å². The largest absolute Gasteiger partial charge is 0.297 e. The molecule has 1 aromatic carbocycles. The minimum absolute atomic E-state index is 0.0722. The number of hydrogen-bond donors (Lipinski definition) is 2. The van der Waals surface area contributed by atoms with E-state index in [1.54, 1.807) is 0 Å². The molecule has 0 fully saturated rings. The van der Waals surface area contributed by atoms with Crippen LogP contribution in [-0.4, -0.2) is 29.6 Å². The summed E-state index contributed by atoms with van der Waals surface area (Å²) in [7, 11) is 0. The molecule has 1 aliphatic carbocycles. The number of fused-ring (bicyclic) bond motifs is 1. The summed E-state index contributed by atoms with van der Waals surface area (Å²) in [5, 5.41) is 0. The van der Waals surface area contributed by atoms with Gasteiger partial charge in [0.05, 0.1) is 0 Å². The highest BCUT2D eigenvalue weighted by Crippen LogP contribution is 2.39. The molecule has 3 nitrogen and oxygen atoms in total. The Morgan fingerprint density at radius 1 is 1.30 bits per heavy atom. The molecule has 0 amide bonds. The highest BCUT2D eigenvalue weighted by atomic mass is 15.3. The third kappa shape index (κ3) is 2.76. The summed E-state index contributed by atoms with van der Waals surface area (Å²) in [6.45, 7) is 11.2. The molecule has 0 bridgehead atoms. The third-order valence-electron chi connectivity index (χ3n) is 5.11. The quantitative estimate of drug-likeness (QED) is 0.594. The fraction of sp³-hybridized carbons (Fsp3) is 0.647. The maximum absolute atomic E-state index is 5.88. The van der Waals surface area contributed by atoms with Gasteiger partial charge in [0.2, 0.25) is 0 Å². The van der Waals surface area contributed by atoms with Gasteiger partial charge in [-0.3, -0.25) is 16.2 Å². The van der Waals surface area contributed by atoms with Crippen LogP contribution in [0.15, 0.2) is 24.3 Å². The van der Waals surface area contributed by atoms with Gasteiger partial charge in [0.15, 0.2) is 0 Å². The van der Waals surface area contributed by atoms with Gasteiger partial charge in [0.25, 0.3) is 0 Å². The number of likely N-dealkylation sites (N-methyl/N-ethyl adjacent to an activating group) is 1. The van der Waals surface area contributed by atoms with Gasteiger partial charge in [-0.2, -0.15) is 0 Å². The van der Waals surface area contributed by atoms with Crippen molar-refractivity contribution in [2.24, 2.45) is 5.84 Å². The molecule has 112 valence electrons. The van der Waals surface area contributed by atoms with E-state index in [2.05, 4.69) is 62.3 Å². The summed E-state index contributed by atoms with van der Waals surface area (Å²) in [5.74, 6) is 6.53. The summed E-state index contributed by atoms with van der Waals surface area (Å²) >= 11 is 0. The van der Waals surface area contributed by atoms with Gasteiger partial charge in [-0.25, -0.2) is 0 Å². The van der Waals surface area contributed by atoms with E-state index in [0.717, 1.165) is 19.5 Å². The zero-order chi connectivity index (χ0) is 14.8. The Morgan fingerprint density at radius 2 is 1.95 bits per heavy atom. The van der Waals surface area contributed by atoms with E-state index in [-0.39, 0.29) is 5.54 Å². The van der Waals surface area contributed by atoms with Crippen molar-refractivity contribution in [3.8, 4) is 0 Å². The summed E-state index contributed by atoms with van der Waals surface area (Å²) in [6.07, 6.45) is 2.31. The van der Waals surface area contributed by atoms with Gasteiger partial charge >= 0.3 is 0 Å². The summed E-state index contributed by atoms with van der Waals surface area (Å²) < 4.78 is 0. The molecule has 20 heavy (non-hydrogen) atoms. The van der Waals surface area contributed by atoms with Crippen LogP contribution in [0.25, 0.3) is 0 Å². The van der Waals surface area contributed by atoms with Crippen molar-refractivity contribution in [2.75, 3.05) is 13.1 Å². The molecule has 2 rings (SSSR count). The maximum atomic E-state index is 5.88. The molecule has 0 radical (unpaired) electrons. The molecular formula is C17H29N3. The lowest BCUT2D eigenvalue weighted by Gasteiger charge is -2.45. The van der Waals surface area contributed by atoms with E-state index < -0.39 is 0 Å². The first kappa shape index (κ1) is 15.5. The maximum Gasteiger partial charge on any atom is 0.0395 e. The monoisotopic (exact) mass is 275 g/mol. The number of benzene rings is 1. The third-order valence-corrected chi connectivity index (χ3v) is 5.11. The Hall–Kier alpha value is -0.900. The standard InChI is InChI=1S/C17H29N3/c1-5-20(6-2)17(3,4)16(19-18)12-14-11-13-9-7-8-10-15(13)14/h7-10,14,16,19H,5-6,11-12,18H2,1-4H3. The Kier molecular flexibility index (Phi) is 4.84. The van der Waals surface area contributed by atoms with Crippen molar-refractivity contribution in [2.45, 2.75) is 58.0 Å². The Labute approximate surface area is 123 Å². The number of nitrogens with zero attached hydrogens (tertiary/aromatic N) is 1. The van der Waals surface area contributed by atoms with Gasteiger partial charge in [-0.15, -0.1) is 0 Å². The Balaban J connectivity index is 2.07. The summed E-state index contributed by atoms with van der Waals surface area (Å²) in [6, 6.07) is 9.09. The second kappa shape index (κ2) is 6.25. The lowest BCUT2D eigenvalue weighted by Crippen LogP contribution is -2.60. The van der Waals surface area contributed by atoms with Gasteiger partial charge in [0, 0.05) is 11.6 Å². The minimum atomic E-state index is 0.0722. The number of nitrogens with one attached hydrogen (secondary N) is 1. The predicted molar refractivity (Wildman–Crippen MR) is 85.6 cm³/mol. The van der Waals surface area contributed by atoms with E-state index in [9.17, 15) is 0 Å². The zero-order valence-electron chi connectivity index (χ0n) is 13.3. The van der Waals surface area contributed by atoms with Gasteiger partial charge in [-0.05, 0) is 56.8 Å². The van der Waals surface area contributed by atoms with Crippen molar-refractivity contribution in [1.29, 1.82) is 0 Å². The van der Waals surface area contributed by atoms with Crippen LogP contribution in [-0.2, 0) is 6.42 Å². The lowest BCUT2D eigenvalue weighted by atomic mass is 9.72. The van der Waals surface area contributed by atoms with Gasteiger partial charge in [-0.1, -0.05) is 38.1 Å². The van der Waals surface area contributed by atoms with Gasteiger partial charge < -0.3 is 0 Å². The van der Waals surface area contributed by atoms with E-state index >= 15 is 0 Å². The fourth-order valence-electron chi connectivity index (χ4n) is 3.68. The molecule has 0 saturated heterocycles. The van der Waals surface area contributed by atoms with Crippen LogP contribution in [0.5, 0.6) is 0 Å². The van der Waals surface area contributed by atoms with Crippen LogP contribution in [0, 0.1) is 0 Å². The lowest BCUT2D eigenvalue weighted by molar-refractivity contribution is 0.0832. The molecule has 0 aliphatic heterocycles. The van der Waals surface area contributed by atoms with Crippen LogP contribution in [0.2, 0.25) is 0 Å². The Bertz CT molecular complexity index is 438. The predicted octanol–water partition coefficient (Wildman–Crippen LogP) is 2.67. The average molecular weight is 275 g/mol. The van der Waals surface area contributed by atoms with Crippen molar-refractivity contribution in [3.63, 3.8) is 0 Å². The first-order valence-electron chi connectivity index (χ1n) is 7.83. The second-order valence-electron chi connectivity index (χ2n) is 6.38. The van der Waals surface area contributed by atoms with E-state index in [1.807, 2.05) is 0 Å². The minimum Gasteiger partial charge on any atom is -0.297 e. The number of rotatable bonds is 7. The molecule has 3 N–H and O–H groups in total. The van der Waals surface area contributed by atoms with Crippen molar-refractivity contribution in [3.05, 3.63) is 35.4 Å². The van der Waals surface area contributed by atoms with E-state index in [0.29, 0.717) is 12.0 Å². The topological polar surface area (TPSA) is 41.3 Å². The average Bonchev–Trinajstić information content (AvgIpc) is 2.41. The summed E-state index contributed by atoms with van der Waals surface area (Å²) in [5.41, 5.74) is 6.18. The molecule has 0 aromatic heterocycles. The second-order valence-corrected chi connectivity index (χ2v) is 6.38. The molecule has 2 unspecified atom stereocenters.